The number of carboxylic acids is 1. The molecule has 1 atom stereocenters. The maximum atomic E-state index is 11.8. The van der Waals surface area contributed by atoms with Crippen LogP contribution >= 0.6 is 0 Å². The Bertz CT molecular complexity index is 585. The summed E-state index contributed by atoms with van der Waals surface area (Å²) in [6, 6.07) is 0.640. The summed E-state index contributed by atoms with van der Waals surface area (Å²) in [6.07, 6.45) is 0. The smallest absolute Gasteiger partial charge is 0.328 e. The van der Waals surface area contributed by atoms with E-state index in [0.717, 1.165) is 24.3 Å². The summed E-state index contributed by atoms with van der Waals surface area (Å²) < 4.78 is 21.2. The van der Waals surface area contributed by atoms with Crippen molar-refractivity contribution in [2.45, 2.75) is 6.02 Å². The fourth-order valence-corrected chi connectivity index (χ4v) is 1.05. The maximum Gasteiger partial charge on any atom is 0.328 e. The van der Waals surface area contributed by atoms with Crippen LogP contribution in [0, 0.1) is 10.1 Å². The molecule has 1 aromatic carbocycles. The van der Waals surface area contributed by atoms with E-state index in [9.17, 15) is 19.7 Å². The van der Waals surface area contributed by atoms with E-state index in [0.29, 0.717) is 0 Å². The zero-order valence-corrected chi connectivity index (χ0v) is 8.78. The minimum atomic E-state index is -3.55. The molecule has 3 N–H and O–H groups in total. The first kappa shape index (κ1) is 9.54. The predicted octanol–water partition coefficient (Wildman–Crippen LogP) is -0.230. The number of hydrogen-bond donors (Lipinski definition) is 3. The number of hydrogen-bond acceptors (Lipinski definition) is 5. The molecule has 1 amide bonds. The van der Waals surface area contributed by atoms with Crippen LogP contribution in [0.15, 0.2) is 24.3 Å². The Hall–Kier alpha value is -2.48. The monoisotopic (exact) mass is 257 g/mol. The topological polar surface area (TPSA) is 130 Å². The molecule has 0 spiro atoms. The van der Waals surface area contributed by atoms with Gasteiger partial charge in [0.25, 0.3) is 11.6 Å². The van der Waals surface area contributed by atoms with Gasteiger partial charge in [0, 0.05) is 17.7 Å². The first-order valence-electron chi connectivity index (χ1n) is 6.02. The maximum absolute atomic E-state index is 11.8. The highest BCUT2D eigenvalue weighted by Gasteiger charge is 2.19. The normalized spacial score (nSPS) is 16.6. The second kappa shape index (κ2) is 5.73. The van der Waals surface area contributed by atoms with E-state index in [1.54, 1.807) is 0 Å². The van der Waals surface area contributed by atoms with Crippen LogP contribution in [0.2, 0.25) is 0 Å². The number of nitrogens with zero attached hydrogens (tertiary/aromatic N) is 1. The first-order valence-corrected chi connectivity index (χ1v) is 4.52. The Labute approximate surface area is 105 Å². The molecule has 18 heavy (non-hydrogen) atoms. The average molecular weight is 257 g/mol. The number of rotatable bonds is 5. The lowest BCUT2D eigenvalue weighted by Crippen LogP contribution is -2.43. The van der Waals surface area contributed by atoms with Gasteiger partial charge in [-0.2, -0.15) is 0 Å². The molecule has 1 rings (SSSR count). The molecule has 1 aromatic rings. The highest BCUT2D eigenvalue weighted by molar-refractivity contribution is 5.96. The van der Waals surface area contributed by atoms with E-state index in [2.05, 4.69) is 0 Å². The lowest BCUT2D eigenvalue weighted by atomic mass is 10.2. The van der Waals surface area contributed by atoms with E-state index in [1.165, 1.54) is 5.32 Å². The number of aliphatic hydroxyl groups is 1. The number of amides is 1. The number of nitro groups is 1. The van der Waals surface area contributed by atoms with Gasteiger partial charge in [0.15, 0.2) is 6.02 Å². The van der Waals surface area contributed by atoms with E-state index in [-0.39, 0.29) is 11.3 Å². The second-order valence-corrected chi connectivity index (χ2v) is 3.05. The van der Waals surface area contributed by atoms with Crippen molar-refractivity contribution in [2.75, 3.05) is 6.56 Å². The molecule has 8 nitrogen and oxygen atoms in total. The standard InChI is InChI=1S/C10H10N2O6/c13-5-8(10(15)16)11-9(14)6-1-3-7(4-2-6)12(17)18/h1-4,8,13H,5H2,(H,11,14)(H,15,16)/i5D2,8D. The summed E-state index contributed by atoms with van der Waals surface area (Å²) in [5.74, 6) is -3.29. The summed E-state index contributed by atoms with van der Waals surface area (Å²) in [7, 11) is 0. The minimum Gasteiger partial charge on any atom is -0.480 e. The van der Waals surface area contributed by atoms with Gasteiger partial charge in [0.1, 0.15) is 0 Å². The number of aliphatic carboxylic acids is 1. The first-order chi connectivity index (χ1) is 9.49. The predicted molar refractivity (Wildman–Crippen MR) is 59.1 cm³/mol. The molecule has 0 fully saturated rings. The molecule has 0 radical (unpaired) electrons. The molecule has 0 aliphatic heterocycles. The fourth-order valence-electron chi connectivity index (χ4n) is 1.05. The number of non-ortho nitro benzene ring substituents is 1. The summed E-state index contributed by atoms with van der Waals surface area (Å²) in [4.78, 5) is 32.4. The van der Waals surface area contributed by atoms with Crippen LogP contribution < -0.4 is 5.32 Å². The van der Waals surface area contributed by atoms with Crippen molar-refractivity contribution in [3.8, 4) is 0 Å². The third-order valence-corrected chi connectivity index (χ3v) is 1.90. The number of carbonyl (C=O) groups excluding carboxylic acids is 1. The Morgan fingerprint density at radius 2 is 2.06 bits per heavy atom. The van der Waals surface area contributed by atoms with Crippen LogP contribution in [-0.2, 0) is 4.79 Å². The van der Waals surface area contributed by atoms with Crippen LogP contribution in [-0.4, -0.2) is 39.6 Å². The van der Waals surface area contributed by atoms with E-state index < -0.39 is 29.4 Å². The van der Waals surface area contributed by atoms with Gasteiger partial charge in [-0.3, -0.25) is 14.9 Å². The van der Waals surface area contributed by atoms with Crippen LogP contribution in [0.4, 0.5) is 5.69 Å². The quantitative estimate of drug-likeness (QED) is 0.493. The van der Waals surface area contributed by atoms with Gasteiger partial charge < -0.3 is 15.5 Å². The van der Waals surface area contributed by atoms with Crippen LogP contribution in [0.3, 0.4) is 0 Å². The molecule has 0 bridgehead atoms. The van der Waals surface area contributed by atoms with Crippen molar-refractivity contribution in [1.82, 2.24) is 5.32 Å². The van der Waals surface area contributed by atoms with E-state index >= 15 is 0 Å². The molecular formula is C10H10N2O6. The number of carbonyl (C=O) groups is 2. The molecule has 1 unspecified atom stereocenters. The third kappa shape index (κ3) is 3.25. The summed E-state index contributed by atoms with van der Waals surface area (Å²) in [5, 5.41) is 29.8. The Morgan fingerprint density at radius 3 is 2.44 bits per heavy atom. The van der Waals surface area contributed by atoms with Crippen molar-refractivity contribution in [3.63, 3.8) is 0 Å². The molecule has 0 aliphatic carbocycles. The van der Waals surface area contributed by atoms with Crippen LogP contribution in [0.1, 0.15) is 14.5 Å². The van der Waals surface area contributed by atoms with Crippen LogP contribution in [0.5, 0.6) is 0 Å². The second-order valence-electron chi connectivity index (χ2n) is 3.05. The van der Waals surface area contributed by atoms with Crippen LogP contribution in [0.25, 0.3) is 0 Å². The van der Waals surface area contributed by atoms with Gasteiger partial charge >= 0.3 is 5.97 Å². The lowest BCUT2D eigenvalue weighted by Gasteiger charge is -2.11. The van der Waals surface area contributed by atoms with Crippen molar-refractivity contribution in [1.29, 1.82) is 0 Å². The number of nitrogens with one attached hydrogen (secondary N) is 1. The average Bonchev–Trinajstić information content (AvgIpc) is 2.37. The van der Waals surface area contributed by atoms with Gasteiger partial charge in [-0.15, -0.1) is 0 Å². The van der Waals surface area contributed by atoms with E-state index in [4.69, 9.17) is 14.3 Å². The Morgan fingerprint density at radius 1 is 1.50 bits per heavy atom. The SMILES string of the molecule is [2H]C([2H])(O)C([2H])(NC(=O)c1ccc([N+](=O)[O-])cc1)C(=O)O. The molecule has 0 aliphatic rings. The highest BCUT2D eigenvalue weighted by atomic mass is 16.6. The highest BCUT2D eigenvalue weighted by Crippen LogP contribution is 2.11. The largest absolute Gasteiger partial charge is 0.480 e. The molecule has 0 heterocycles. The summed E-state index contributed by atoms with van der Waals surface area (Å²) in [5.41, 5.74) is -0.540. The van der Waals surface area contributed by atoms with Gasteiger partial charge in [0.2, 0.25) is 0 Å². The van der Waals surface area contributed by atoms with Crippen molar-refractivity contribution in [2.24, 2.45) is 0 Å². The minimum absolute atomic E-state index is 0.234. The molecule has 0 saturated heterocycles. The molecule has 96 valence electrons. The molecule has 8 heteroatoms. The van der Waals surface area contributed by atoms with E-state index in [1.807, 2.05) is 0 Å². The summed E-state index contributed by atoms with van der Waals surface area (Å²) >= 11 is 0. The third-order valence-electron chi connectivity index (χ3n) is 1.90. The van der Waals surface area contributed by atoms with Gasteiger partial charge in [0.05, 0.1) is 15.6 Å². The molecule has 0 aromatic heterocycles. The van der Waals surface area contributed by atoms with Gasteiger partial charge in [-0.1, -0.05) is 0 Å². The Kier molecular flexibility index (Phi) is 3.04. The Balaban J connectivity index is 3.03. The molecular weight excluding hydrogens is 244 g/mol. The number of benzene rings is 1. The van der Waals surface area contributed by atoms with Crippen molar-refractivity contribution < 1.29 is 28.8 Å². The lowest BCUT2D eigenvalue weighted by molar-refractivity contribution is -0.384. The fraction of sp³-hybridized carbons (Fsp3) is 0.200. The number of nitro benzene ring substituents is 1. The van der Waals surface area contributed by atoms with Gasteiger partial charge in [-0.25, -0.2) is 4.79 Å². The van der Waals surface area contributed by atoms with Crippen molar-refractivity contribution >= 4 is 17.6 Å². The zero-order chi connectivity index (χ0) is 16.4. The summed E-state index contributed by atoms with van der Waals surface area (Å²) in [6.45, 7) is -3.55. The van der Waals surface area contributed by atoms with Gasteiger partial charge in [-0.05, 0) is 12.1 Å². The zero-order valence-electron chi connectivity index (χ0n) is 11.8. The number of carboxylic acid groups (broad SMARTS) is 1. The molecule has 0 saturated carbocycles. The van der Waals surface area contributed by atoms with Crippen molar-refractivity contribution in [3.05, 3.63) is 39.9 Å².